The smallest absolute Gasteiger partial charge is 0.306 e. The Kier molecular flexibility index (Phi) is 53.8. The maximum Gasteiger partial charge on any atom is 0.306 e. The second kappa shape index (κ2) is 56.4. The molecule has 0 aromatic carbocycles. The molecule has 0 aliphatic carbocycles. The van der Waals surface area contributed by atoms with Gasteiger partial charge in [0.05, 0.1) is 0 Å². The van der Waals surface area contributed by atoms with Crippen molar-refractivity contribution in [2.45, 2.75) is 290 Å². The lowest BCUT2D eigenvalue weighted by Crippen LogP contribution is -2.30. The molecule has 0 fully saturated rings. The molecule has 0 aliphatic heterocycles. The van der Waals surface area contributed by atoms with E-state index >= 15 is 0 Å². The highest BCUT2D eigenvalue weighted by molar-refractivity contribution is 5.71. The number of rotatable bonds is 52. The van der Waals surface area contributed by atoms with Crippen molar-refractivity contribution in [3.05, 3.63) is 72.9 Å². The maximum absolute atomic E-state index is 12.9. The highest BCUT2D eigenvalue weighted by Crippen LogP contribution is 2.16. The number of allylic oxidation sites excluding steroid dienone is 12. The van der Waals surface area contributed by atoms with Crippen LogP contribution in [0.1, 0.15) is 284 Å². The molecular formula is C62H108O6. The number of carbonyl (C=O) groups excluding carboxylic acids is 3. The first-order chi connectivity index (χ1) is 33.5. The molecule has 392 valence electrons. The van der Waals surface area contributed by atoms with Gasteiger partial charge in [-0.1, -0.05) is 261 Å². The van der Waals surface area contributed by atoms with E-state index in [-0.39, 0.29) is 37.5 Å². The zero-order valence-electron chi connectivity index (χ0n) is 44.9. The highest BCUT2D eigenvalue weighted by atomic mass is 16.6. The molecule has 0 aliphatic rings. The van der Waals surface area contributed by atoms with Crippen LogP contribution < -0.4 is 0 Å². The van der Waals surface area contributed by atoms with Crippen molar-refractivity contribution in [1.29, 1.82) is 0 Å². The van der Waals surface area contributed by atoms with Gasteiger partial charge in [0, 0.05) is 19.3 Å². The largest absolute Gasteiger partial charge is 0.462 e. The van der Waals surface area contributed by atoms with Gasteiger partial charge in [-0.2, -0.15) is 0 Å². The van der Waals surface area contributed by atoms with Gasteiger partial charge in [-0.25, -0.2) is 0 Å². The third-order valence-electron chi connectivity index (χ3n) is 12.5. The summed E-state index contributed by atoms with van der Waals surface area (Å²) in [4.78, 5) is 38.1. The molecule has 6 heteroatoms. The third-order valence-corrected chi connectivity index (χ3v) is 12.5. The van der Waals surface area contributed by atoms with Crippen molar-refractivity contribution >= 4 is 17.9 Å². The van der Waals surface area contributed by atoms with E-state index in [1.807, 2.05) is 6.08 Å². The molecule has 0 bridgehead atoms. The Morgan fingerprint density at radius 2 is 0.603 bits per heavy atom. The first-order valence-corrected chi connectivity index (χ1v) is 28.9. The Bertz CT molecular complexity index is 1270. The van der Waals surface area contributed by atoms with Gasteiger partial charge in [-0.3, -0.25) is 14.4 Å². The van der Waals surface area contributed by atoms with Gasteiger partial charge >= 0.3 is 17.9 Å². The van der Waals surface area contributed by atoms with Gasteiger partial charge in [0.1, 0.15) is 13.2 Å². The first-order valence-electron chi connectivity index (χ1n) is 28.9. The van der Waals surface area contributed by atoms with Gasteiger partial charge in [-0.05, 0) is 77.0 Å². The SMILES string of the molecule is CC/C=C\C/C=C\C/C=C\C/C=C\CCC(=O)OCC(COC(=O)CCCCCCCCCCC/C=C\C/C=C\CCCCC)OC(=O)CCCCCCCCCCCCCCCCCCCC. The van der Waals surface area contributed by atoms with Crippen molar-refractivity contribution in [2.24, 2.45) is 0 Å². The zero-order valence-corrected chi connectivity index (χ0v) is 44.9. The Balaban J connectivity index is 4.40. The van der Waals surface area contributed by atoms with E-state index in [1.165, 1.54) is 167 Å². The predicted molar refractivity (Wildman–Crippen MR) is 293 cm³/mol. The van der Waals surface area contributed by atoms with Crippen molar-refractivity contribution in [1.82, 2.24) is 0 Å². The summed E-state index contributed by atoms with van der Waals surface area (Å²) in [7, 11) is 0. The second-order valence-electron chi connectivity index (χ2n) is 19.2. The summed E-state index contributed by atoms with van der Waals surface area (Å²) >= 11 is 0. The highest BCUT2D eigenvalue weighted by Gasteiger charge is 2.19. The monoisotopic (exact) mass is 949 g/mol. The Labute approximate surface area is 421 Å². The molecular weight excluding hydrogens is 841 g/mol. The second-order valence-corrected chi connectivity index (χ2v) is 19.2. The minimum Gasteiger partial charge on any atom is -0.462 e. The Morgan fingerprint density at radius 3 is 1.01 bits per heavy atom. The van der Waals surface area contributed by atoms with Crippen LogP contribution in [0.25, 0.3) is 0 Å². The fraction of sp³-hybridized carbons (Fsp3) is 0.758. The van der Waals surface area contributed by atoms with Gasteiger partial charge in [0.2, 0.25) is 0 Å². The molecule has 0 N–H and O–H groups in total. The summed E-state index contributed by atoms with van der Waals surface area (Å²) in [5.41, 5.74) is 0. The number of carbonyl (C=O) groups is 3. The third kappa shape index (κ3) is 53.8. The van der Waals surface area contributed by atoms with Crippen LogP contribution in [-0.2, 0) is 28.6 Å². The molecule has 1 atom stereocenters. The van der Waals surface area contributed by atoms with Crippen LogP contribution >= 0.6 is 0 Å². The number of unbranched alkanes of at least 4 members (excludes halogenated alkanes) is 29. The lowest BCUT2D eigenvalue weighted by atomic mass is 10.0. The molecule has 6 nitrogen and oxygen atoms in total. The molecule has 0 aromatic rings. The Hall–Kier alpha value is -3.15. The quantitative estimate of drug-likeness (QED) is 0.0262. The van der Waals surface area contributed by atoms with Crippen LogP contribution in [-0.4, -0.2) is 37.2 Å². The van der Waals surface area contributed by atoms with Crippen molar-refractivity contribution in [3.63, 3.8) is 0 Å². The fourth-order valence-corrected chi connectivity index (χ4v) is 8.13. The van der Waals surface area contributed by atoms with Crippen LogP contribution in [0.2, 0.25) is 0 Å². The zero-order chi connectivity index (χ0) is 49.3. The van der Waals surface area contributed by atoms with Crippen molar-refractivity contribution < 1.29 is 28.6 Å². The van der Waals surface area contributed by atoms with E-state index in [0.29, 0.717) is 19.3 Å². The lowest BCUT2D eigenvalue weighted by molar-refractivity contribution is -0.166. The summed E-state index contributed by atoms with van der Waals surface area (Å²) in [6.07, 6.45) is 71.9. The van der Waals surface area contributed by atoms with Crippen LogP contribution in [0, 0.1) is 0 Å². The maximum atomic E-state index is 12.9. The van der Waals surface area contributed by atoms with Crippen molar-refractivity contribution in [3.8, 4) is 0 Å². The first kappa shape index (κ1) is 64.8. The molecule has 0 spiro atoms. The molecule has 0 saturated carbocycles. The number of esters is 3. The average Bonchev–Trinajstić information content (AvgIpc) is 3.34. The van der Waals surface area contributed by atoms with Crippen LogP contribution in [0.5, 0.6) is 0 Å². The summed E-state index contributed by atoms with van der Waals surface area (Å²) < 4.78 is 16.8. The predicted octanol–water partition coefficient (Wildman–Crippen LogP) is 19.4. The molecule has 0 radical (unpaired) electrons. The molecule has 0 aromatic heterocycles. The number of ether oxygens (including phenoxy) is 3. The number of hydrogen-bond donors (Lipinski definition) is 0. The molecule has 0 saturated heterocycles. The van der Waals surface area contributed by atoms with E-state index in [4.69, 9.17) is 14.2 Å². The van der Waals surface area contributed by atoms with E-state index in [2.05, 4.69) is 87.6 Å². The molecule has 0 amide bonds. The van der Waals surface area contributed by atoms with Crippen LogP contribution in [0.3, 0.4) is 0 Å². The standard InChI is InChI=1S/C62H108O6/c1-4-7-10-13-16-19-22-25-27-29-31-33-34-37-40-43-46-49-52-55-61(64)67-58-59(57-66-60(63)54-51-48-45-42-39-36-24-21-18-15-12-9-6-3)68-62(65)56-53-50-47-44-41-38-35-32-30-28-26-23-20-17-14-11-8-5-2/h9,12,16,18-19,21,25,27,36,39,45,48,59H,4-8,10-11,13-15,17,20,22-24,26,28-35,37-38,40-44,46-47,49-58H2,1-3H3/b12-9-,19-16-,21-18-,27-25-,39-36-,48-45-. The van der Waals surface area contributed by atoms with Gasteiger partial charge in [0.25, 0.3) is 0 Å². The molecule has 0 heterocycles. The summed E-state index contributed by atoms with van der Waals surface area (Å²) in [6.45, 7) is 6.46. The summed E-state index contributed by atoms with van der Waals surface area (Å²) in [5, 5.41) is 0. The van der Waals surface area contributed by atoms with E-state index in [0.717, 1.165) is 70.6 Å². The van der Waals surface area contributed by atoms with E-state index < -0.39 is 6.10 Å². The lowest BCUT2D eigenvalue weighted by Gasteiger charge is -2.18. The molecule has 0 rings (SSSR count). The normalized spacial score (nSPS) is 12.6. The van der Waals surface area contributed by atoms with Crippen LogP contribution in [0.15, 0.2) is 72.9 Å². The van der Waals surface area contributed by atoms with E-state index in [1.54, 1.807) is 0 Å². The van der Waals surface area contributed by atoms with Gasteiger partial charge in [-0.15, -0.1) is 0 Å². The summed E-state index contributed by atoms with van der Waals surface area (Å²) in [5.74, 6) is -0.976. The van der Waals surface area contributed by atoms with E-state index in [9.17, 15) is 14.4 Å². The minimum absolute atomic E-state index is 0.0974. The van der Waals surface area contributed by atoms with Crippen molar-refractivity contribution in [2.75, 3.05) is 13.2 Å². The minimum atomic E-state index is -0.804. The van der Waals surface area contributed by atoms with Gasteiger partial charge in [0.15, 0.2) is 6.10 Å². The van der Waals surface area contributed by atoms with Gasteiger partial charge < -0.3 is 14.2 Å². The van der Waals surface area contributed by atoms with Crippen LogP contribution in [0.4, 0.5) is 0 Å². The summed E-state index contributed by atoms with van der Waals surface area (Å²) in [6, 6.07) is 0. The Morgan fingerprint density at radius 1 is 0.309 bits per heavy atom. The molecule has 1 unspecified atom stereocenters. The fourth-order valence-electron chi connectivity index (χ4n) is 8.13. The number of hydrogen-bond acceptors (Lipinski definition) is 6. The average molecular weight is 950 g/mol. The molecule has 68 heavy (non-hydrogen) atoms. The topological polar surface area (TPSA) is 78.9 Å².